The van der Waals surface area contributed by atoms with Gasteiger partial charge in [-0.05, 0) is 25.1 Å². The van der Waals surface area contributed by atoms with E-state index >= 15 is 0 Å². The van der Waals surface area contributed by atoms with Gasteiger partial charge in [0.25, 0.3) is 0 Å². The Balaban J connectivity index is 2.61. The standard InChI is InChI=1S/C13H17ClN2O2/c1-13(17,5-6-18-2)9-16-12-4-3-10(8-15)7-11(12)14/h3-4,7,16-17H,5-6,9H2,1-2H3. The van der Waals surface area contributed by atoms with Crippen LogP contribution in [0.3, 0.4) is 0 Å². The van der Waals surface area contributed by atoms with Crippen LogP contribution in [0.2, 0.25) is 5.02 Å². The van der Waals surface area contributed by atoms with Crippen LogP contribution in [0.4, 0.5) is 5.69 Å². The molecule has 18 heavy (non-hydrogen) atoms. The van der Waals surface area contributed by atoms with Crippen LogP contribution in [0.15, 0.2) is 18.2 Å². The quantitative estimate of drug-likeness (QED) is 0.832. The molecule has 0 spiro atoms. The SMILES string of the molecule is COCCC(C)(O)CNc1ccc(C#N)cc1Cl. The number of hydrogen-bond donors (Lipinski definition) is 2. The van der Waals surface area contributed by atoms with Crippen LogP contribution in [0.25, 0.3) is 0 Å². The number of hydrogen-bond acceptors (Lipinski definition) is 4. The van der Waals surface area contributed by atoms with Gasteiger partial charge in [0, 0.05) is 26.7 Å². The monoisotopic (exact) mass is 268 g/mol. The molecule has 0 saturated carbocycles. The Morgan fingerprint density at radius 3 is 2.83 bits per heavy atom. The van der Waals surface area contributed by atoms with Crippen LogP contribution >= 0.6 is 11.6 Å². The molecule has 4 nitrogen and oxygen atoms in total. The maximum atomic E-state index is 10.1. The number of benzene rings is 1. The highest BCUT2D eigenvalue weighted by Crippen LogP contribution is 2.23. The molecule has 0 saturated heterocycles. The molecule has 1 atom stereocenters. The molecule has 2 N–H and O–H groups in total. The molecule has 98 valence electrons. The van der Waals surface area contributed by atoms with Gasteiger partial charge in [0.1, 0.15) is 0 Å². The number of nitriles is 1. The van der Waals surface area contributed by atoms with Crippen LogP contribution in [-0.2, 0) is 4.74 Å². The summed E-state index contributed by atoms with van der Waals surface area (Å²) < 4.78 is 4.93. The molecule has 5 heteroatoms. The van der Waals surface area contributed by atoms with E-state index in [4.69, 9.17) is 21.6 Å². The molecule has 0 radical (unpaired) electrons. The summed E-state index contributed by atoms with van der Waals surface area (Å²) in [6.07, 6.45) is 0.532. The minimum atomic E-state index is -0.868. The normalized spacial score (nSPS) is 13.7. The van der Waals surface area contributed by atoms with Crippen molar-refractivity contribution in [3.8, 4) is 6.07 Å². The van der Waals surface area contributed by atoms with Crippen molar-refractivity contribution in [2.75, 3.05) is 25.6 Å². The van der Waals surface area contributed by atoms with Crippen molar-refractivity contribution in [1.82, 2.24) is 0 Å². The van der Waals surface area contributed by atoms with E-state index in [9.17, 15) is 5.11 Å². The second-order valence-corrected chi connectivity index (χ2v) is 4.81. The predicted molar refractivity (Wildman–Crippen MR) is 71.8 cm³/mol. The van der Waals surface area contributed by atoms with E-state index in [-0.39, 0.29) is 0 Å². The van der Waals surface area contributed by atoms with Crippen LogP contribution in [0.5, 0.6) is 0 Å². The first kappa shape index (κ1) is 14.8. The third kappa shape index (κ3) is 4.53. The topological polar surface area (TPSA) is 65.3 Å². The lowest BCUT2D eigenvalue weighted by Gasteiger charge is -2.24. The first-order valence-corrected chi connectivity index (χ1v) is 6.01. The average Bonchev–Trinajstić information content (AvgIpc) is 2.35. The summed E-state index contributed by atoms with van der Waals surface area (Å²) >= 11 is 6.02. The fourth-order valence-electron chi connectivity index (χ4n) is 1.42. The fourth-order valence-corrected chi connectivity index (χ4v) is 1.67. The maximum absolute atomic E-state index is 10.1. The van der Waals surface area contributed by atoms with Crippen molar-refractivity contribution >= 4 is 17.3 Å². The van der Waals surface area contributed by atoms with Gasteiger partial charge >= 0.3 is 0 Å². The minimum absolute atomic E-state index is 0.363. The Morgan fingerprint density at radius 1 is 1.56 bits per heavy atom. The molecular weight excluding hydrogens is 252 g/mol. The van der Waals surface area contributed by atoms with Gasteiger partial charge in [-0.15, -0.1) is 0 Å². The van der Waals surface area contributed by atoms with E-state index in [0.717, 1.165) is 0 Å². The molecule has 0 aliphatic heterocycles. The zero-order valence-corrected chi connectivity index (χ0v) is 11.3. The summed E-state index contributed by atoms with van der Waals surface area (Å²) in [7, 11) is 1.60. The van der Waals surface area contributed by atoms with Crippen molar-refractivity contribution in [1.29, 1.82) is 5.26 Å². The third-order valence-electron chi connectivity index (χ3n) is 2.60. The Kier molecular flexibility index (Phi) is 5.42. The van der Waals surface area contributed by atoms with E-state index in [0.29, 0.717) is 35.8 Å². The highest BCUT2D eigenvalue weighted by Gasteiger charge is 2.19. The minimum Gasteiger partial charge on any atom is -0.388 e. The predicted octanol–water partition coefficient (Wildman–Crippen LogP) is 2.41. The second kappa shape index (κ2) is 6.60. The molecule has 0 aliphatic rings. The molecule has 0 fully saturated rings. The van der Waals surface area contributed by atoms with Crippen molar-refractivity contribution in [3.05, 3.63) is 28.8 Å². The van der Waals surface area contributed by atoms with Crippen LogP contribution in [0, 0.1) is 11.3 Å². The number of nitrogens with one attached hydrogen (secondary N) is 1. The summed E-state index contributed by atoms with van der Waals surface area (Å²) in [5.41, 5.74) is 0.345. The van der Waals surface area contributed by atoms with E-state index < -0.39 is 5.60 Å². The van der Waals surface area contributed by atoms with Gasteiger partial charge in [0.05, 0.1) is 27.9 Å². The number of rotatable bonds is 6. The highest BCUT2D eigenvalue weighted by molar-refractivity contribution is 6.33. The number of ether oxygens (including phenoxy) is 1. The molecular formula is C13H17ClN2O2. The Morgan fingerprint density at radius 2 is 2.28 bits per heavy atom. The Bertz CT molecular complexity index is 441. The second-order valence-electron chi connectivity index (χ2n) is 4.40. The number of methoxy groups -OCH3 is 1. The molecule has 0 heterocycles. The lowest BCUT2D eigenvalue weighted by molar-refractivity contribution is 0.0357. The molecule has 1 rings (SSSR count). The zero-order chi connectivity index (χ0) is 13.6. The van der Waals surface area contributed by atoms with Gasteiger partial charge in [-0.25, -0.2) is 0 Å². The van der Waals surface area contributed by atoms with Gasteiger partial charge in [0.15, 0.2) is 0 Å². The summed E-state index contributed by atoms with van der Waals surface area (Å²) in [6.45, 7) is 2.59. The molecule has 0 aliphatic carbocycles. The van der Waals surface area contributed by atoms with Gasteiger partial charge in [-0.3, -0.25) is 0 Å². The van der Waals surface area contributed by atoms with Crippen molar-refractivity contribution in [3.63, 3.8) is 0 Å². The van der Waals surface area contributed by atoms with Gasteiger partial charge in [-0.2, -0.15) is 5.26 Å². The fraction of sp³-hybridized carbons (Fsp3) is 0.462. The molecule has 0 amide bonds. The molecule has 0 bridgehead atoms. The zero-order valence-electron chi connectivity index (χ0n) is 10.5. The lowest BCUT2D eigenvalue weighted by Crippen LogP contribution is -2.34. The Labute approximate surface area is 112 Å². The van der Waals surface area contributed by atoms with Crippen LogP contribution in [-0.4, -0.2) is 31.0 Å². The van der Waals surface area contributed by atoms with E-state index in [2.05, 4.69) is 5.32 Å². The molecule has 0 aromatic heterocycles. The third-order valence-corrected chi connectivity index (χ3v) is 2.92. The summed E-state index contributed by atoms with van der Waals surface area (Å²) in [5, 5.41) is 22.3. The van der Waals surface area contributed by atoms with Crippen molar-refractivity contribution in [2.45, 2.75) is 18.9 Å². The maximum Gasteiger partial charge on any atom is 0.0992 e. The van der Waals surface area contributed by atoms with Gasteiger partial charge < -0.3 is 15.2 Å². The average molecular weight is 269 g/mol. The van der Waals surface area contributed by atoms with E-state index in [1.54, 1.807) is 32.2 Å². The first-order valence-electron chi connectivity index (χ1n) is 5.63. The Hall–Kier alpha value is -1.28. The van der Waals surface area contributed by atoms with Crippen molar-refractivity contribution < 1.29 is 9.84 Å². The molecule has 1 aromatic rings. The molecule has 1 aromatic carbocycles. The van der Waals surface area contributed by atoms with Crippen LogP contribution < -0.4 is 5.32 Å². The van der Waals surface area contributed by atoms with Gasteiger partial charge in [0.2, 0.25) is 0 Å². The van der Waals surface area contributed by atoms with Gasteiger partial charge in [-0.1, -0.05) is 11.6 Å². The number of halogens is 1. The summed E-state index contributed by atoms with van der Waals surface area (Å²) in [4.78, 5) is 0. The summed E-state index contributed by atoms with van der Waals surface area (Å²) in [5.74, 6) is 0. The number of anilines is 1. The lowest BCUT2D eigenvalue weighted by atomic mass is 10.0. The van der Waals surface area contributed by atoms with E-state index in [1.807, 2.05) is 6.07 Å². The molecule has 1 unspecified atom stereocenters. The smallest absolute Gasteiger partial charge is 0.0992 e. The first-order chi connectivity index (χ1) is 8.48. The largest absolute Gasteiger partial charge is 0.388 e. The van der Waals surface area contributed by atoms with Crippen LogP contribution in [0.1, 0.15) is 18.9 Å². The number of aliphatic hydroxyl groups is 1. The highest BCUT2D eigenvalue weighted by atomic mass is 35.5. The number of nitrogens with zero attached hydrogens (tertiary/aromatic N) is 1. The van der Waals surface area contributed by atoms with Crippen molar-refractivity contribution in [2.24, 2.45) is 0 Å². The van der Waals surface area contributed by atoms with E-state index in [1.165, 1.54) is 0 Å². The summed E-state index contributed by atoms with van der Waals surface area (Å²) in [6, 6.07) is 7.02.